The maximum absolute atomic E-state index is 5.96. The molecule has 0 amide bonds. The summed E-state index contributed by atoms with van der Waals surface area (Å²) in [4.78, 5) is 0. The fraction of sp³-hybridized carbons (Fsp3) is 0.455. The molecule has 0 aliphatic carbocycles. The van der Waals surface area contributed by atoms with Gasteiger partial charge < -0.3 is 5.32 Å². The molecule has 1 nitrogen and oxygen atoms in total. The SMILES string of the molecule is CC1CNc2ccc(Cl)cc2C1C. The first kappa shape index (κ1) is 8.89. The van der Waals surface area contributed by atoms with Gasteiger partial charge in [0.05, 0.1) is 0 Å². The molecule has 0 fully saturated rings. The minimum absolute atomic E-state index is 0.606. The van der Waals surface area contributed by atoms with Crippen LogP contribution in [0.2, 0.25) is 5.02 Å². The van der Waals surface area contributed by atoms with Gasteiger partial charge in [0.2, 0.25) is 0 Å². The molecule has 1 aliphatic rings. The minimum atomic E-state index is 0.606. The van der Waals surface area contributed by atoms with Crippen molar-refractivity contribution < 1.29 is 0 Å². The largest absolute Gasteiger partial charge is 0.385 e. The summed E-state index contributed by atoms with van der Waals surface area (Å²) in [6.07, 6.45) is 0. The standard InChI is InChI=1S/C11H14ClN/c1-7-6-13-11-4-3-9(12)5-10(11)8(7)2/h3-5,7-8,13H,6H2,1-2H3. The van der Waals surface area contributed by atoms with Gasteiger partial charge >= 0.3 is 0 Å². The molecule has 70 valence electrons. The Morgan fingerprint density at radius 3 is 2.92 bits per heavy atom. The molecule has 1 N–H and O–H groups in total. The molecule has 0 bridgehead atoms. The van der Waals surface area contributed by atoms with Crippen LogP contribution < -0.4 is 5.32 Å². The van der Waals surface area contributed by atoms with Crippen molar-refractivity contribution >= 4 is 17.3 Å². The van der Waals surface area contributed by atoms with Crippen LogP contribution in [0.5, 0.6) is 0 Å². The lowest BCUT2D eigenvalue weighted by molar-refractivity contribution is 0.497. The fourth-order valence-electron chi connectivity index (χ4n) is 1.83. The van der Waals surface area contributed by atoms with Gasteiger partial charge in [0, 0.05) is 17.3 Å². The summed E-state index contributed by atoms with van der Waals surface area (Å²) in [5.74, 6) is 1.29. The Morgan fingerprint density at radius 1 is 1.38 bits per heavy atom. The van der Waals surface area contributed by atoms with Crippen molar-refractivity contribution in [3.8, 4) is 0 Å². The van der Waals surface area contributed by atoms with Crippen molar-refractivity contribution in [1.29, 1.82) is 0 Å². The van der Waals surface area contributed by atoms with Gasteiger partial charge in [0.1, 0.15) is 0 Å². The van der Waals surface area contributed by atoms with Gasteiger partial charge in [-0.25, -0.2) is 0 Å². The van der Waals surface area contributed by atoms with Gasteiger partial charge in [-0.05, 0) is 35.6 Å². The van der Waals surface area contributed by atoms with E-state index in [4.69, 9.17) is 11.6 Å². The summed E-state index contributed by atoms with van der Waals surface area (Å²) in [7, 11) is 0. The Balaban J connectivity index is 2.45. The topological polar surface area (TPSA) is 12.0 Å². The number of fused-ring (bicyclic) bond motifs is 1. The second-order valence-electron chi connectivity index (χ2n) is 3.88. The van der Waals surface area contributed by atoms with Crippen molar-refractivity contribution in [3.63, 3.8) is 0 Å². The Bertz CT molecular complexity index is 322. The predicted octanol–water partition coefficient (Wildman–Crippen LogP) is 3.51. The van der Waals surface area contributed by atoms with Gasteiger partial charge in [-0.15, -0.1) is 0 Å². The highest BCUT2D eigenvalue weighted by molar-refractivity contribution is 6.30. The lowest BCUT2D eigenvalue weighted by atomic mass is 9.85. The molecule has 0 saturated carbocycles. The van der Waals surface area contributed by atoms with E-state index in [0.717, 1.165) is 11.6 Å². The first-order valence-electron chi connectivity index (χ1n) is 4.72. The molecule has 1 aromatic rings. The Kier molecular flexibility index (Phi) is 2.20. The number of benzene rings is 1. The van der Waals surface area contributed by atoms with Crippen LogP contribution in [0.3, 0.4) is 0 Å². The molecular formula is C11H14ClN. The third-order valence-electron chi connectivity index (χ3n) is 2.97. The van der Waals surface area contributed by atoms with Gasteiger partial charge in [0.15, 0.2) is 0 Å². The summed E-state index contributed by atoms with van der Waals surface area (Å²) >= 11 is 5.96. The number of nitrogens with one attached hydrogen (secondary N) is 1. The highest BCUT2D eigenvalue weighted by Gasteiger charge is 2.22. The second kappa shape index (κ2) is 3.22. The first-order chi connectivity index (χ1) is 6.18. The zero-order chi connectivity index (χ0) is 9.42. The van der Waals surface area contributed by atoms with Crippen molar-refractivity contribution in [2.75, 3.05) is 11.9 Å². The summed E-state index contributed by atoms with van der Waals surface area (Å²) in [6, 6.07) is 6.08. The first-order valence-corrected chi connectivity index (χ1v) is 5.09. The predicted molar refractivity (Wildman–Crippen MR) is 57.5 cm³/mol. The van der Waals surface area contributed by atoms with Crippen molar-refractivity contribution in [2.24, 2.45) is 5.92 Å². The van der Waals surface area contributed by atoms with Crippen LogP contribution in [0.4, 0.5) is 5.69 Å². The molecule has 1 aliphatic heterocycles. The summed E-state index contributed by atoms with van der Waals surface area (Å²) < 4.78 is 0. The molecule has 2 unspecified atom stereocenters. The number of anilines is 1. The molecule has 0 spiro atoms. The number of halogens is 1. The van der Waals surface area contributed by atoms with Crippen molar-refractivity contribution in [1.82, 2.24) is 0 Å². The summed E-state index contributed by atoms with van der Waals surface area (Å²) in [5, 5.41) is 4.25. The minimum Gasteiger partial charge on any atom is -0.385 e. The van der Waals surface area contributed by atoms with Crippen LogP contribution in [0.1, 0.15) is 25.3 Å². The van der Waals surface area contributed by atoms with E-state index in [0.29, 0.717) is 11.8 Å². The Labute approximate surface area is 84.1 Å². The van der Waals surface area contributed by atoms with E-state index in [1.54, 1.807) is 0 Å². The Hall–Kier alpha value is -0.690. The van der Waals surface area contributed by atoms with Gasteiger partial charge in [-0.1, -0.05) is 25.4 Å². The van der Waals surface area contributed by atoms with E-state index in [2.05, 4.69) is 31.3 Å². The highest BCUT2D eigenvalue weighted by Crippen LogP contribution is 2.35. The Morgan fingerprint density at radius 2 is 2.15 bits per heavy atom. The number of hydrogen-bond donors (Lipinski definition) is 1. The van der Waals surface area contributed by atoms with Crippen LogP contribution in [0, 0.1) is 5.92 Å². The molecule has 13 heavy (non-hydrogen) atoms. The smallest absolute Gasteiger partial charge is 0.0410 e. The van der Waals surface area contributed by atoms with Crippen LogP contribution in [-0.4, -0.2) is 6.54 Å². The van der Waals surface area contributed by atoms with E-state index in [1.807, 2.05) is 6.07 Å². The van der Waals surface area contributed by atoms with E-state index in [1.165, 1.54) is 11.3 Å². The van der Waals surface area contributed by atoms with Crippen LogP contribution in [0.25, 0.3) is 0 Å². The molecular weight excluding hydrogens is 182 g/mol. The van der Waals surface area contributed by atoms with E-state index >= 15 is 0 Å². The van der Waals surface area contributed by atoms with Gasteiger partial charge in [-0.3, -0.25) is 0 Å². The monoisotopic (exact) mass is 195 g/mol. The van der Waals surface area contributed by atoms with Crippen LogP contribution >= 0.6 is 11.6 Å². The molecule has 1 heterocycles. The molecule has 2 heteroatoms. The van der Waals surface area contributed by atoms with Gasteiger partial charge in [0.25, 0.3) is 0 Å². The van der Waals surface area contributed by atoms with E-state index in [-0.39, 0.29) is 0 Å². The summed E-state index contributed by atoms with van der Waals surface area (Å²) in [5.41, 5.74) is 2.60. The molecule has 0 aromatic heterocycles. The molecule has 0 radical (unpaired) electrons. The van der Waals surface area contributed by atoms with Crippen LogP contribution in [0.15, 0.2) is 18.2 Å². The lowest BCUT2D eigenvalue weighted by Crippen LogP contribution is -2.23. The molecule has 2 atom stereocenters. The number of rotatable bonds is 0. The number of hydrogen-bond acceptors (Lipinski definition) is 1. The van der Waals surface area contributed by atoms with Crippen LogP contribution in [-0.2, 0) is 0 Å². The summed E-state index contributed by atoms with van der Waals surface area (Å²) in [6.45, 7) is 5.60. The van der Waals surface area contributed by atoms with Gasteiger partial charge in [-0.2, -0.15) is 0 Å². The molecule has 2 rings (SSSR count). The third kappa shape index (κ3) is 1.53. The normalized spacial score (nSPS) is 26.4. The highest BCUT2D eigenvalue weighted by atomic mass is 35.5. The zero-order valence-electron chi connectivity index (χ0n) is 7.97. The maximum Gasteiger partial charge on any atom is 0.0410 e. The average Bonchev–Trinajstić information content (AvgIpc) is 2.12. The second-order valence-corrected chi connectivity index (χ2v) is 4.31. The zero-order valence-corrected chi connectivity index (χ0v) is 8.73. The molecule has 1 aromatic carbocycles. The third-order valence-corrected chi connectivity index (χ3v) is 3.21. The fourth-order valence-corrected chi connectivity index (χ4v) is 2.01. The average molecular weight is 196 g/mol. The lowest BCUT2D eigenvalue weighted by Gasteiger charge is -2.29. The quantitative estimate of drug-likeness (QED) is 0.668. The van der Waals surface area contributed by atoms with Crippen molar-refractivity contribution in [3.05, 3.63) is 28.8 Å². The maximum atomic E-state index is 5.96. The van der Waals surface area contributed by atoms with E-state index < -0.39 is 0 Å². The van der Waals surface area contributed by atoms with E-state index in [9.17, 15) is 0 Å². The molecule has 0 saturated heterocycles. The van der Waals surface area contributed by atoms with Crippen molar-refractivity contribution in [2.45, 2.75) is 19.8 Å².